The van der Waals surface area contributed by atoms with E-state index in [1.165, 1.54) is 0 Å². The number of nitrogens with zero attached hydrogens (tertiary/aromatic N) is 3. The van der Waals surface area contributed by atoms with Crippen LogP contribution in [0.3, 0.4) is 0 Å². The van der Waals surface area contributed by atoms with Crippen LogP contribution >= 0.6 is 0 Å². The second-order valence-corrected chi connectivity index (χ2v) is 9.27. The molecule has 0 saturated carbocycles. The highest BCUT2D eigenvalue weighted by Crippen LogP contribution is 2.36. The summed E-state index contributed by atoms with van der Waals surface area (Å²) in [5, 5.41) is 0. The Morgan fingerprint density at radius 1 is 1.03 bits per heavy atom. The predicted molar refractivity (Wildman–Crippen MR) is 125 cm³/mol. The fraction of sp³-hybridized carbons (Fsp3) is 0.440. The van der Waals surface area contributed by atoms with Gasteiger partial charge in [0.05, 0.1) is 12.8 Å². The highest BCUT2D eigenvalue weighted by atomic mass is 16.5. The monoisotopic (exact) mass is 437 g/mol. The molecule has 170 valence electrons. The van der Waals surface area contributed by atoms with E-state index in [0.717, 1.165) is 30.1 Å². The number of methoxy groups -OCH3 is 1. The average Bonchev–Trinajstić information content (AvgIpc) is 2.80. The maximum Gasteiger partial charge on any atom is 0.265 e. The number of carbonyl (C=O) groups is 2. The molecule has 2 heterocycles. The lowest BCUT2D eigenvalue weighted by molar-refractivity contribution is -0.132. The van der Waals surface area contributed by atoms with Crippen LogP contribution in [0.2, 0.25) is 0 Å². The van der Waals surface area contributed by atoms with E-state index in [0.29, 0.717) is 24.5 Å². The summed E-state index contributed by atoms with van der Waals surface area (Å²) in [4.78, 5) is 31.2. The molecule has 4 rings (SSSR count). The second kappa shape index (κ2) is 8.73. The van der Waals surface area contributed by atoms with Crippen molar-refractivity contribution in [2.24, 2.45) is 0 Å². The first-order valence-corrected chi connectivity index (χ1v) is 11.0. The van der Waals surface area contributed by atoms with Gasteiger partial charge in [0, 0.05) is 31.9 Å². The van der Waals surface area contributed by atoms with Crippen LogP contribution in [0.15, 0.2) is 42.5 Å². The lowest BCUT2D eigenvalue weighted by Gasteiger charge is -2.37. The van der Waals surface area contributed by atoms with E-state index in [-0.39, 0.29) is 30.4 Å². The Balaban J connectivity index is 1.40. The molecule has 2 amide bonds. The second-order valence-electron chi connectivity index (χ2n) is 9.27. The minimum absolute atomic E-state index is 0.0238. The Morgan fingerprint density at radius 3 is 2.34 bits per heavy atom. The van der Waals surface area contributed by atoms with Crippen LogP contribution in [0.4, 0.5) is 11.4 Å². The van der Waals surface area contributed by atoms with E-state index in [9.17, 15) is 9.59 Å². The third-order valence-corrected chi connectivity index (χ3v) is 6.13. The maximum absolute atomic E-state index is 13.0. The first kappa shape index (κ1) is 22.0. The van der Waals surface area contributed by atoms with Crippen LogP contribution < -0.4 is 19.3 Å². The summed E-state index contributed by atoms with van der Waals surface area (Å²) in [6, 6.07) is 13.8. The number of hydrogen-bond acceptors (Lipinski definition) is 5. The van der Waals surface area contributed by atoms with Gasteiger partial charge < -0.3 is 19.3 Å². The summed E-state index contributed by atoms with van der Waals surface area (Å²) in [5.74, 6) is 1.26. The van der Waals surface area contributed by atoms with Gasteiger partial charge in [-0.1, -0.05) is 26.8 Å². The van der Waals surface area contributed by atoms with E-state index in [4.69, 9.17) is 9.47 Å². The molecule has 0 bridgehead atoms. The van der Waals surface area contributed by atoms with Crippen molar-refractivity contribution < 1.29 is 19.1 Å². The summed E-state index contributed by atoms with van der Waals surface area (Å²) in [7, 11) is 1.65. The van der Waals surface area contributed by atoms with E-state index < -0.39 is 0 Å². The Hall–Kier alpha value is -3.22. The van der Waals surface area contributed by atoms with Gasteiger partial charge in [-0.3, -0.25) is 14.5 Å². The molecule has 0 atom stereocenters. The molecule has 1 saturated heterocycles. The number of piperazine rings is 1. The van der Waals surface area contributed by atoms with Crippen LogP contribution in [0.1, 0.15) is 26.3 Å². The largest absolute Gasteiger partial charge is 0.497 e. The zero-order valence-corrected chi connectivity index (χ0v) is 19.3. The molecule has 0 unspecified atom stereocenters. The Kier molecular flexibility index (Phi) is 6.00. The SMILES string of the molecule is COc1ccc(N2CCN(C(=O)CN3C(=O)COc4cc(C(C)(C)C)ccc43)CC2)cc1. The Bertz CT molecular complexity index is 989. The van der Waals surface area contributed by atoms with E-state index in [1.807, 2.05) is 47.4 Å². The van der Waals surface area contributed by atoms with Crippen molar-refractivity contribution in [2.75, 3.05) is 56.2 Å². The predicted octanol–water partition coefficient (Wildman–Crippen LogP) is 3.07. The molecular formula is C25H31N3O4. The summed E-state index contributed by atoms with van der Waals surface area (Å²) in [5.41, 5.74) is 2.89. The third kappa shape index (κ3) is 4.52. The van der Waals surface area contributed by atoms with Crippen LogP contribution in [0.25, 0.3) is 0 Å². The standard InChI is InChI=1S/C25H31N3O4/c1-25(2,3)18-5-10-21-22(15-18)32-17-24(30)28(21)16-23(29)27-13-11-26(12-14-27)19-6-8-20(31-4)9-7-19/h5-10,15H,11-14,16-17H2,1-4H3. The van der Waals surface area contributed by atoms with Gasteiger partial charge in [0.25, 0.3) is 5.91 Å². The van der Waals surface area contributed by atoms with E-state index in [1.54, 1.807) is 12.0 Å². The molecule has 0 aromatic heterocycles. The quantitative estimate of drug-likeness (QED) is 0.736. The van der Waals surface area contributed by atoms with Gasteiger partial charge in [-0.2, -0.15) is 0 Å². The van der Waals surface area contributed by atoms with Crippen LogP contribution in [0, 0.1) is 0 Å². The highest BCUT2D eigenvalue weighted by Gasteiger charge is 2.31. The van der Waals surface area contributed by atoms with E-state index in [2.05, 4.69) is 25.7 Å². The van der Waals surface area contributed by atoms with Gasteiger partial charge in [0.15, 0.2) is 6.61 Å². The summed E-state index contributed by atoms with van der Waals surface area (Å²) >= 11 is 0. The number of anilines is 2. The van der Waals surface area contributed by atoms with Gasteiger partial charge in [-0.15, -0.1) is 0 Å². The van der Waals surface area contributed by atoms with Gasteiger partial charge in [0.2, 0.25) is 5.91 Å². The van der Waals surface area contributed by atoms with Crippen LogP contribution in [0.5, 0.6) is 11.5 Å². The molecule has 0 spiro atoms. The zero-order chi connectivity index (χ0) is 22.9. The molecule has 0 aliphatic carbocycles. The normalized spacial score (nSPS) is 16.5. The average molecular weight is 438 g/mol. The lowest BCUT2D eigenvalue weighted by Crippen LogP contribution is -2.53. The number of rotatable bonds is 4. The number of hydrogen-bond donors (Lipinski definition) is 0. The van der Waals surface area contributed by atoms with Gasteiger partial charge in [0.1, 0.15) is 18.0 Å². The lowest BCUT2D eigenvalue weighted by atomic mass is 9.86. The summed E-state index contributed by atoms with van der Waals surface area (Å²) in [6.07, 6.45) is 0. The van der Waals surface area contributed by atoms with Gasteiger partial charge in [-0.05, 0) is 47.4 Å². The molecule has 7 heteroatoms. The first-order chi connectivity index (χ1) is 15.3. The summed E-state index contributed by atoms with van der Waals surface area (Å²) in [6.45, 7) is 9.15. The number of ether oxygens (including phenoxy) is 2. The molecule has 1 fully saturated rings. The van der Waals surface area contributed by atoms with Gasteiger partial charge >= 0.3 is 0 Å². The topological polar surface area (TPSA) is 62.3 Å². The third-order valence-electron chi connectivity index (χ3n) is 6.13. The number of fused-ring (bicyclic) bond motifs is 1. The summed E-state index contributed by atoms with van der Waals surface area (Å²) < 4.78 is 10.9. The molecule has 2 aromatic rings. The molecule has 0 N–H and O–H groups in total. The molecule has 2 aliphatic rings. The van der Waals surface area contributed by atoms with Crippen molar-refractivity contribution in [1.29, 1.82) is 0 Å². The molecule has 2 aliphatic heterocycles. The Morgan fingerprint density at radius 2 is 1.72 bits per heavy atom. The van der Waals surface area contributed by atoms with Gasteiger partial charge in [-0.25, -0.2) is 0 Å². The van der Waals surface area contributed by atoms with Crippen LogP contribution in [-0.4, -0.2) is 63.2 Å². The fourth-order valence-corrected chi connectivity index (χ4v) is 4.09. The van der Waals surface area contributed by atoms with Crippen molar-refractivity contribution >= 4 is 23.2 Å². The fourth-order valence-electron chi connectivity index (χ4n) is 4.09. The first-order valence-electron chi connectivity index (χ1n) is 11.0. The molecule has 32 heavy (non-hydrogen) atoms. The van der Waals surface area contributed by atoms with E-state index >= 15 is 0 Å². The van der Waals surface area contributed by atoms with Crippen molar-refractivity contribution in [1.82, 2.24) is 4.90 Å². The zero-order valence-electron chi connectivity index (χ0n) is 19.3. The van der Waals surface area contributed by atoms with Crippen LogP contribution in [-0.2, 0) is 15.0 Å². The van der Waals surface area contributed by atoms with Crippen molar-refractivity contribution in [3.05, 3.63) is 48.0 Å². The minimum atomic E-state index is -0.189. The maximum atomic E-state index is 13.0. The number of amides is 2. The van der Waals surface area contributed by atoms with Crippen molar-refractivity contribution in [3.63, 3.8) is 0 Å². The van der Waals surface area contributed by atoms with Crippen molar-refractivity contribution in [3.8, 4) is 11.5 Å². The Labute approximate surface area is 189 Å². The van der Waals surface area contributed by atoms with Crippen molar-refractivity contribution in [2.45, 2.75) is 26.2 Å². The molecule has 2 aromatic carbocycles. The molecule has 0 radical (unpaired) electrons. The number of benzene rings is 2. The smallest absolute Gasteiger partial charge is 0.265 e. The molecule has 7 nitrogen and oxygen atoms in total. The molecular weight excluding hydrogens is 406 g/mol. The highest BCUT2D eigenvalue weighted by molar-refractivity contribution is 6.02. The minimum Gasteiger partial charge on any atom is -0.497 e. The number of carbonyl (C=O) groups excluding carboxylic acids is 2.